The van der Waals surface area contributed by atoms with E-state index in [-0.39, 0.29) is 12.2 Å². The minimum Gasteiger partial charge on any atom is -0.481 e. The first kappa shape index (κ1) is 16.5. The summed E-state index contributed by atoms with van der Waals surface area (Å²) in [4.78, 5) is 11.9. The summed E-state index contributed by atoms with van der Waals surface area (Å²) in [5, 5.41) is 9.15. The zero-order chi connectivity index (χ0) is 17.3. The van der Waals surface area contributed by atoms with E-state index in [2.05, 4.69) is 0 Å². The fourth-order valence-electron chi connectivity index (χ4n) is 2.92. The van der Waals surface area contributed by atoms with Gasteiger partial charge in [-0.2, -0.15) is 0 Å². The van der Waals surface area contributed by atoms with Gasteiger partial charge >= 0.3 is 5.97 Å². The molecule has 1 aliphatic rings. The van der Waals surface area contributed by atoms with Crippen LogP contribution in [0.25, 0.3) is 17.2 Å². The van der Waals surface area contributed by atoms with E-state index in [1.54, 1.807) is 18.2 Å². The molecule has 122 valence electrons. The summed E-state index contributed by atoms with van der Waals surface area (Å²) in [5.74, 6) is -1.32. The maximum Gasteiger partial charge on any atom is 0.307 e. The lowest BCUT2D eigenvalue weighted by Crippen LogP contribution is -1.97. The largest absolute Gasteiger partial charge is 0.481 e. The fraction of sp³-hybridized carbons (Fsp3) is 0.105. The van der Waals surface area contributed by atoms with Crippen LogP contribution in [0, 0.1) is 5.82 Å². The summed E-state index contributed by atoms with van der Waals surface area (Å²) in [6.07, 6.45) is 1.81. The molecule has 0 fully saturated rings. The van der Waals surface area contributed by atoms with Gasteiger partial charge in [-0.25, -0.2) is 4.39 Å². The van der Waals surface area contributed by atoms with Gasteiger partial charge in [0.25, 0.3) is 0 Å². The normalized spacial score (nSPS) is 15.0. The number of carboxylic acids is 1. The zero-order valence-electron chi connectivity index (χ0n) is 12.9. The Bertz CT molecular complexity index is 867. The molecule has 2 aromatic carbocycles. The van der Waals surface area contributed by atoms with Crippen molar-refractivity contribution in [1.82, 2.24) is 0 Å². The lowest BCUT2D eigenvalue weighted by Gasteiger charge is -2.05. The van der Waals surface area contributed by atoms with Gasteiger partial charge in [-0.3, -0.25) is 4.79 Å². The van der Waals surface area contributed by atoms with E-state index in [4.69, 9.17) is 9.66 Å². The fourth-order valence-corrected chi connectivity index (χ4v) is 3.18. The standard InChI is InChI=1S/C19H15FO3S/c1-11-16(8-12-2-5-14(24-23)6-3-12)15-7-4-13(20)9-18(15)17(11)10-19(21)22/h2-9,23H,10H2,1H3,(H,21,22). The van der Waals surface area contributed by atoms with Gasteiger partial charge in [-0.05, 0) is 70.7 Å². The van der Waals surface area contributed by atoms with Gasteiger partial charge in [-0.1, -0.05) is 18.2 Å². The molecule has 3 rings (SSSR count). The number of aliphatic carboxylic acids is 1. The van der Waals surface area contributed by atoms with E-state index < -0.39 is 5.97 Å². The van der Waals surface area contributed by atoms with Crippen LogP contribution in [0.3, 0.4) is 0 Å². The quantitative estimate of drug-likeness (QED) is 0.751. The van der Waals surface area contributed by atoms with Gasteiger partial charge in [0.05, 0.1) is 6.42 Å². The molecule has 0 saturated heterocycles. The molecule has 0 amide bonds. The van der Waals surface area contributed by atoms with Crippen molar-refractivity contribution >= 4 is 35.2 Å². The monoisotopic (exact) mass is 342 g/mol. The first-order valence-electron chi connectivity index (χ1n) is 7.35. The number of carboxylic acid groups (broad SMARTS) is 1. The predicted octanol–water partition coefficient (Wildman–Crippen LogP) is 5.19. The number of carbonyl (C=O) groups is 1. The third kappa shape index (κ3) is 3.13. The van der Waals surface area contributed by atoms with Gasteiger partial charge in [0, 0.05) is 16.9 Å². The molecule has 0 bridgehead atoms. The van der Waals surface area contributed by atoms with E-state index >= 15 is 0 Å². The molecule has 0 atom stereocenters. The Morgan fingerprint density at radius 2 is 1.88 bits per heavy atom. The Hall–Kier alpha value is -2.37. The number of rotatable bonds is 4. The Balaban J connectivity index is 2.11. The lowest BCUT2D eigenvalue weighted by atomic mass is 10.0. The Morgan fingerprint density at radius 1 is 1.17 bits per heavy atom. The maximum atomic E-state index is 13.6. The van der Waals surface area contributed by atoms with Crippen LogP contribution < -0.4 is 0 Å². The molecule has 0 heterocycles. The van der Waals surface area contributed by atoms with Crippen molar-refractivity contribution in [2.75, 3.05) is 0 Å². The molecule has 1 aliphatic carbocycles. The van der Waals surface area contributed by atoms with E-state index in [9.17, 15) is 9.18 Å². The van der Waals surface area contributed by atoms with Gasteiger partial charge in [-0.15, -0.1) is 0 Å². The minimum absolute atomic E-state index is 0.139. The molecular formula is C19H15FO3S. The highest BCUT2D eigenvalue weighted by Crippen LogP contribution is 2.43. The van der Waals surface area contributed by atoms with Crippen molar-refractivity contribution in [3.05, 3.63) is 70.5 Å². The van der Waals surface area contributed by atoms with Crippen molar-refractivity contribution < 1.29 is 18.8 Å². The zero-order valence-corrected chi connectivity index (χ0v) is 13.7. The third-order valence-electron chi connectivity index (χ3n) is 4.08. The first-order chi connectivity index (χ1) is 11.5. The number of hydrogen-bond acceptors (Lipinski definition) is 3. The van der Waals surface area contributed by atoms with E-state index in [1.807, 2.05) is 25.1 Å². The van der Waals surface area contributed by atoms with Crippen molar-refractivity contribution in [2.45, 2.75) is 18.2 Å². The molecular weight excluding hydrogens is 327 g/mol. The summed E-state index contributed by atoms with van der Waals surface area (Å²) in [7, 11) is 0. The molecule has 0 aromatic heterocycles. The number of fused-ring (bicyclic) bond motifs is 1. The highest BCUT2D eigenvalue weighted by atomic mass is 32.2. The second-order valence-electron chi connectivity index (χ2n) is 5.58. The van der Waals surface area contributed by atoms with Crippen molar-refractivity contribution in [1.29, 1.82) is 0 Å². The van der Waals surface area contributed by atoms with Gasteiger partial charge in [0.2, 0.25) is 0 Å². The molecule has 0 unspecified atom stereocenters. The second-order valence-corrected chi connectivity index (χ2v) is 6.24. The first-order valence-corrected chi connectivity index (χ1v) is 8.12. The average Bonchev–Trinajstić information content (AvgIpc) is 2.80. The van der Waals surface area contributed by atoms with Gasteiger partial charge in [0.15, 0.2) is 0 Å². The van der Waals surface area contributed by atoms with Crippen LogP contribution in [-0.4, -0.2) is 15.6 Å². The van der Waals surface area contributed by atoms with Crippen molar-refractivity contribution in [3.8, 4) is 0 Å². The highest BCUT2D eigenvalue weighted by molar-refractivity contribution is 7.93. The number of benzene rings is 2. The number of halogens is 1. The minimum atomic E-state index is -0.940. The molecule has 24 heavy (non-hydrogen) atoms. The smallest absolute Gasteiger partial charge is 0.307 e. The molecule has 0 spiro atoms. The van der Waals surface area contributed by atoms with Crippen LogP contribution in [0.2, 0.25) is 0 Å². The summed E-state index contributed by atoms with van der Waals surface area (Å²) < 4.78 is 22.7. The van der Waals surface area contributed by atoms with Gasteiger partial charge in [0.1, 0.15) is 5.82 Å². The number of hydrogen-bond donors (Lipinski definition) is 2. The van der Waals surface area contributed by atoms with E-state index in [0.29, 0.717) is 23.2 Å². The van der Waals surface area contributed by atoms with Crippen LogP contribution in [0.1, 0.15) is 30.0 Å². The Labute approximate surface area is 143 Å². The molecule has 0 saturated carbocycles. The molecule has 3 nitrogen and oxygen atoms in total. The second kappa shape index (κ2) is 6.63. The van der Waals surface area contributed by atoms with E-state index in [1.165, 1.54) is 12.1 Å². The third-order valence-corrected chi connectivity index (χ3v) is 4.56. The Morgan fingerprint density at radius 3 is 2.50 bits per heavy atom. The molecule has 2 N–H and O–H groups in total. The topological polar surface area (TPSA) is 57.5 Å². The Kier molecular flexibility index (Phi) is 4.55. The molecule has 2 aromatic rings. The van der Waals surface area contributed by atoms with Crippen LogP contribution in [0.4, 0.5) is 4.39 Å². The van der Waals surface area contributed by atoms with E-state index in [0.717, 1.165) is 27.2 Å². The molecule has 0 aliphatic heterocycles. The van der Waals surface area contributed by atoms with Crippen LogP contribution in [0.15, 0.2) is 52.9 Å². The van der Waals surface area contributed by atoms with Gasteiger partial charge < -0.3 is 9.66 Å². The predicted molar refractivity (Wildman–Crippen MR) is 94.0 cm³/mol. The summed E-state index contributed by atoms with van der Waals surface area (Å²) in [6, 6.07) is 11.8. The highest BCUT2D eigenvalue weighted by Gasteiger charge is 2.25. The van der Waals surface area contributed by atoms with Crippen molar-refractivity contribution in [2.24, 2.45) is 0 Å². The van der Waals surface area contributed by atoms with Crippen LogP contribution in [0.5, 0.6) is 0 Å². The summed E-state index contributed by atoms with van der Waals surface area (Å²) >= 11 is 0.681. The molecule has 5 heteroatoms. The summed E-state index contributed by atoms with van der Waals surface area (Å²) in [5.41, 5.74) is 4.79. The number of allylic oxidation sites excluding steroid dienone is 2. The van der Waals surface area contributed by atoms with Crippen LogP contribution in [-0.2, 0) is 4.79 Å². The average molecular weight is 342 g/mol. The maximum absolute atomic E-state index is 13.6. The SMILES string of the molecule is CC1=C(CC(=O)O)c2cc(F)ccc2C1=Cc1ccc(SO)cc1. The lowest BCUT2D eigenvalue weighted by molar-refractivity contribution is -0.135. The van der Waals surface area contributed by atoms with Crippen LogP contribution >= 0.6 is 12.0 Å². The summed E-state index contributed by atoms with van der Waals surface area (Å²) in [6.45, 7) is 1.86. The molecule has 0 radical (unpaired) electrons. The van der Waals surface area contributed by atoms with Crippen molar-refractivity contribution in [3.63, 3.8) is 0 Å².